The molecule has 0 bridgehead atoms. The van der Waals surface area contributed by atoms with Crippen LogP contribution in [0.1, 0.15) is 22.1 Å². The summed E-state index contributed by atoms with van der Waals surface area (Å²) in [5.41, 5.74) is 1.60. The van der Waals surface area contributed by atoms with Gasteiger partial charge in [-0.3, -0.25) is 0 Å². The number of halogens is 5. The highest BCUT2D eigenvalue weighted by atomic mass is 19.4. The Bertz CT molecular complexity index is 2560. The zero-order chi connectivity index (χ0) is 46.4. The number of para-hydroxylation sites is 1. The van der Waals surface area contributed by atoms with E-state index in [4.69, 9.17) is 15.7 Å². The molecular weight excluding hydrogens is 733 g/mol. The number of likely N-dealkylation sites (N-methyl/N-ethyl adjacent to an activating group) is 1. The number of hydrogen-bond acceptors (Lipinski definition) is 10. The molecule has 0 amide bonds. The maximum atomic E-state index is 13.4. The van der Waals surface area contributed by atoms with Crippen LogP contribution in [0.5, 0.6) is 0 Å². The molecule has 2 aromatic heterocycles. The van der Waals surface area contributed by atoms with Crippen LogP contribution in [-0.2, 0) is 10.9 Å². The Labute approximate surface area is 331 Å². The number of hydrogen-bond donors (Lipinski definition) is 2. The molecule has 8 rings (SSSR count). The third-order valence-electron chi connectivity index (χ3n) is 8.23. The summed E-state index contributed by atoms with van der Waals surface area (Å²) in [5.74, 6) is -1.35. The Balaban J connectivity index is 0.000000193. The molecule has 2 fully saturated rings. The van der Waals surface area contributed by atoms with Crippen LogP contribution in [0.4, 0.5) is 56.6 Å². The summed E-state index contributed by atoms with van der Waals surface area (Å²) in [5, 5.41) is 14.1. The van der Waals surface area contributed by atoms with E-state index in [1.54, 1.807) is 28.6 Å². The molecule has 6 aromatic rings. The lowest BCUT2D eigenvalue weighted by molar-refractivity contribution is -0.137. The summed E-state index contributed by atoms with van der Waals surface area (Å²) in [6.45, 7) is -7.98. The molecule has 0 radical (unpaired) electrons. The second-order valence-electron chi connectivity index (χ2n) is 12.5. The van der Waals surface area contributed by atoms with Gasteiger partial charge in [-0.25, -0.2) is 18.1 Å². The summed E-state index contributed by atoms with van der Waals surface area (Å²) in [6.07, 6.45) is -1.81. The average Bonchev–Trinajstić information content (AvgIpc) is 3.90. The molecule has 2 aliphatic heterocycles. The molecule has 0 saturated carbocycles. The number of morpholine rings is 1. The number of nitrogens with zero attached hydrogens (tertiary/aromatic N) is 9. The topological polar surface area (TPSA) is 104 Å². The fourth-order valence-electron chi connectivity index (χ4n) is 5.65. The molecule has 0 aliphatic carbocycles. The van der Waals surface area contributed by atoms with Crippen molar-refractivity contribution in [3.8, 4) is 11.4 Å². The Morgan fingerprint density at radius 1 is 0.661 bits per heavy atom. The van der Waals surface area contributed by atoms with E-state index in [0.717, 1.165) is 47.7 Å². The number of ether oxygens (including phenoxy) is 1. The number of piperazine rings is 1. The van der Waals surface area contributed by atoms with Crippen molar-refractivity contribution in [3.63, 3.8) is 0 Å². The molecule has 292 valence electrons. The van der Waals surface area contributed by atoms with Gasteiger partial charge in [0.05, 0.1) is 35.6 Å². The molecule has 12 nitrogen and oxygen atoms in total. The first kappa shape index (κ1) is 29.2. The number of nitrogens with one attached hydrogen (secondary N) is 2. The lowest BCUT2D eigenvalue weighted by Crippen LogP contribution is -2.44. The molecule has 2 aliphatic rings. The van der Waals surface area contributed by atoms with Gasteiger partial charge in [-0.05, 0) is 80.2 Å². The van der Waals surface area contributed by atoms with Crippen molar-refractivity contribution in [2.75, 3.05) is 79.8 Å². The lowest BCUT2D eigenvalue weighted by atomic mass is 10.1. The van der Waals surface area contributed by atoms with Gasteiger partial charge in [0.25, 0.3) is 0 Å². The minimum absolute atomic E-state index is 0.0214. The number of anilines is 6. The maximum Gasteiger partial charge on any atom is 0.416 e. The van der Waals surface area contributed by atoms with Crippen LogP contribution < -0.4 is 20.4 Å². The maximum absolute atomic E-state index is 13.4. The Morgan fingerprint density at radius 3 is 1.84 bits per heavy atom. The third-order valence-corrected chi connectivity index (χ3v) is 8.23. The quantitative estimate of drug-likeness (QED) is 0.154. The van der Waals surface area contributed by atoms with Gasteiger partial charge in [0.2, 0.25) is 11.9 Å². The van der Waals surface area contributed by atoms with Crippen molar-refractivity contribution in [1.82, 2.24) is 34.4 Å². The van der Waals surface area contributed by atoms with Crippen molar-refractivity contribution in [2.24, 2.45) is 0 Å². The Kier molecular flexibility index (Phi) is 8.75. The highest BCUT2D eigenvalue weighted by molar-refractivity contribution is 5.65. The second kappa shape index (κ2) is 16.7. The Hall–Kier alpha value is -6.07. The molecule has 4 aromatic carbocycles. The van der Waals surface area contributed by atoms with Crippen LogP contribution in [-0.4, -0.2) is 93.8 Å². The van der Waals surface area contributed by atoms with Crippen molar-refractivity contribution in [1.29, 1.82) is 0 Å². The van der Waals surface area contributed by atoms with Gasteiger partial charge < -0.3 is 30.1 Å². The summed E-state index contributed by atoms with van der Waals surface area (Å²) in [4.78, 5) is 11.0. The molecular formula is C39H40F5N11O. The van der Waals surface area contributed by atoms with Crippen LogP contribution >= 0.6 is 0 Å². The van der Waals surface area contributed by atoms with E-state index < -0.39 is 49.4 Å². The van der Waals surface area contributed by atoms with Gasteiger partial charge in [-0.15, -0.1) is 10.2 Å². The average molecular weight is 782 g/mol. The van der Waals surface area contributed by atoms with E-state index in [1.165, 1.54) is 24.8 Å². The van der Waals surface area contributed by atoms with Crippen LogP contribution in [0.2, 0.25) is 0 Å². The number of rotatable bonds is 8. The van der Waals surface area contributed by atoms with Gasteiger partial charge >= 0.3 is 6.18 Å². The van der Waals surface area contributed by atoms with Gasteiger partial charge in [0.1, 0.15) is 24.3 Å². The van der Waals surface area contributed by atoms with E-state index in [1.807, 2.05) is 30.3 Å². The monoisotopic (exact) mass is 781 g/mol. The van der Waals surface area contributed by atoms with Crippen LogP contribution in [0.3, 0.4) is 0 Å². The molecule has 0 unspecified atom stereocenters. The summed E-state index contributed by atoms with van der Waals surface area (Å²) in [7, 11) is 1.03. The minimum Gasteiger partial charge on any atom is -0.378 e. The highest BCUT2D eigenvalue weighted by Crippen LogP contribution is 2.35. The predicted octanol–water partition coefficient (Wildman–Crippen LogP) is 7.22. The zero-order valence-corrected chi connectivity index (χ0v) is 29.9. The van der Waals surface area contributed by atoms with E-state index >= 15 is 0 Å². The van der Waals surface area contributed by atoms with E-state index in [9.17, 15) is 22.0 Å². The summed E-state index contributed by atoms with van der Waals surface area (Å²) >= 11 is 0. The fraction of sp³-hybridized carbons (Fsp3) is 0.282. The number of benzene rings is 4. The smallest absolute Gasteiger partial charge is 0.378 e. The molecule has 2 N–H and O–H groups in total. The van der Waals surface area contributed by atoms with Gasteiger partial charge in [-0.1, -0.05) is 18.2 Å². The van der Waals surface area contributed by atoms with E-state index in [0.29, 0.717) is 53.0 Å². The lowest BCUT2D eigenvalue weighted by Gasteiger charge is -2.34. The summed E-state index contributed by atoms with van der Waals surface area (Å²) < 4.78 is 142. The molecule has 0 atom stereocenters. The van der Waals surface area contributed by atoms with Crippen molar-refractivity contribution in [2.45, 2.75) is 13.1 Å². The first-order chi connectivity index (χ1) is 30.0. The standard InChI is InChI=1S/C20H24N6.C19H16F5N5O/c1-16-12-17(14-19(13-16)25-10-8-24(2)9-11-25)22-20-21-15-26(23-20)18-6-4-3-5-7-18;20-13-7-14(21)9-17(8-13)29-11-25-18(27-29)26-15-5-12(19(22,23)24)6-16(10-15)28-1-3-30-4-2-28/h3-7,12-15H,8-11H2,1-2H3,(H,22,23);5-11H,1-4H2,(H,26,27)/i8D2,9D2,10D2,11D2;. The normalized spacial score (nSPS) is 20.7. The predicted molar refractivity (Wildman–Crippen MR) is 205 cm³/mol. The minimum atomic E-state index is -4.54. The SMILES string of the molecule is Fc1cc(F)cc(-n2cnc(Nc3cc(N4CCOCC4)cc(C(F)(F)F)c3)n2)c1.[2H]C1([2H])N(C)C([2H])([2H])C([2H])([2H])N(c2cc(C)cc(Nc3ncn(-c4ccccc4)n3)c2)C1([2H])[2H]. The van der Waals surface area contributed by atoms with Crippen LogP contribution in [0.15, 0.2) is 97.6 Å². The third kappa shape index (κ3) is 9.77. The molecule has 0 spiro atoms. The summed E-state index contributed by atoms with van der Waals surface area (Å²) in [6, 6.07) is 20.4. The van der Waals surface area contributed by atoms with Gasteiger partial charge in [0, 0.05) is 73.4 Å². The van der Waals surface area contributed by atoms with Gasteiger partial charge in [0.15, 0.2) is 0 Å². The van der Waals surface area contributed by atoms with Crippen molar-refractivity contribution < 1.29 is 37.7 Å². The van der Waals surface area contributed by atoms with Crippen LogP contribution in [0.25, 0.3) is 11.4 Å². The zero-order valence-electron chi connectivity index (χ0n) is 37.9. The largest absolute Gasteiger partial charge is 0.416 e. The molecule has 17 heteroatoms. The first-order valence-electron chi connectivity index (χ1n) is 21.1. The molecule has 4 heterocycles. The number of aromatic nitrogens is 6. The van der Waals surface area contributed by atoms with Crippen molar-refractivity contribution >= 4 is 34.6 Å². The van der Waals surface area contributed by atoms with Crippen molar-refractivity contribution in [3.05, 3.63) is 120 Å². The highest BCUT2D eigenvalue weighted by Gasteiger charge is 2.32. The van der Waals surface area contributed by atoms with E-state index in [2.05, 4.69) is 30.8 Å². The molecule has 56 heavy (non-hydrogen) atoms. The van der Waals surface area contributed by atoms with Gasteiger partial charge in [-0.2, -0.15) is 23.1 Å². The van der Waals surface area contributed by atoms with E-state index in [-0.39, 0.29) is 29.0 Å². The second-order valence-corrected chi connectivity index (χ2v) is 12.5. The molecule has 2 saturated heterocycles. The Morgan fingerprint density at radius 2 is 1.23 bits per heavy atom. The van der Waals surface area contributed by atoms with Crippen LogP contribution in [0, 0.1) is 18.6 Å². The first-order valence-corrected chi connectivity index (χ1v) is 17.1. The fourth-order valence-corrected chi connectivity index (χ4v) is 5.65. The number of aryl methyl sites for hydroxylation is 1. The number of alkyl halides is 3.